The fourth-order valence-electron chi connectivity index (χ4n) is 2.96. The summed E-state index contributed by atoms with van der Waals surface area (Å²) in [5.74, 6) is -0.0545. The van der Waals surface area contributed by atoms with Gasteiger partial charge in [0, 0.05) is 25.7 Å². The van der Waals surface area contributed by atoms with E-state index in [-0.39, 0.29) is 5.91 Å². The Labute approximate surface area is 140 Å². The first-order chi connectivity index (χ1) is 11.2. The minimum absolute atomic E-state index is 0.0545. The van der Waals surface area contributed by atoms with Crippen LogP contribution in [0.2, 0.25) is 0 Å². The second-order valence-corrected chi connectivity index (χ2v) is 6.70. The Morgan fingerprint density at radius 2 is 2.17 bits per heavy atom. The van der Waals surface area contributed by atoms with Crippen LogP contribution in [0, 0.1) is 0 Å². The number of benzene rings is 1. The Morgan fingerprint density at radius 3 is 2.96 bits per heavy atom. The third-order valence-electron chi connectivity index (χ3n) is 4.44. The first kappa shape index (κ1) is 16.1. The van der Waals surface area contributed by atoms with E-state index in [4.69, 9.17) is 0 Å². The summed E-state index contributed by atoms with van der Waals surface area (Å²) in [4.78, 5) is 15.3. The molecule has 0 bridgehead atoms. The molecule has 2 heterocycles. The number of carbonyl (C=O) groups excluding carboxylic acids is 1. The molecule has 0 aliphatic carbocycles. The van der Waals surface area contributed by atoms with Crippen LogP contribution < -0.4 is 5.32 Å². The summed E-state index contributed by atoms with van der Waals surface area (Å²) < 4.78 is 3.88. The average Bonchev–Trinajstić information content (AvgIpc) is 3.07. The second-order valence-electron chi connectivity index (χ2n) is 5.95. The maximum Gasteiger partial charge on any atom is 0.265 e. The summed E-state index contributed by atoms with van der Waals surface area (Å²) in [5, 5.41) is 7.03. The van der Waals surface area contributed by atoms with Gasteiger partial charge in [0.25, 0.3) is 5.91 Å². The molecule has 3 rings (SSSR count). The van der Waals surface area contributed by atoms with Crippen molar-refractivity contribution in [2.75, 3.05) is 13.1 Å². The monoisotopic (exact) mass is 330 g/mol. The van der Waals surface area contributed by atoms with Gasteiger partial charge < -0.3 is 5.32 Å². The predicted molar refractivity (Wildman–Crippen MR) is 91.6 cm³/mol. The molecule has 0 saturated heterocycles. The van der Waals surface area contributed by atoms with Crippen molar-refractivity contribution in [3.8, 4) is 0 Å². The number of carbonyl (C=O) groups is 1. The van der Waals surface area contributed by atoms with Crippen LogP contribution in [0.15, 0.2) is 24.3 Å². The van der Waals surface area contributed by atoms with Gasteiger partial charge in [-0.2, -0.15) is 0 Å². The Kier molecular flexibility index (Phi) is 5.03. The molecule has 1 aliphatic heterocycles. The number of fused-ring (bicyclic) bond motifs is 1. The standard InChI is InChI=1S/C17H22N4OS/c1-3-15-16(23-20-19-15)17(22)18-10-12(2)21-9-8-13-6-4-5-7-14(13)11-21/h4-7,12H,3,8-11H2,1-2H3,(H,18,22). The third-order valence-corrected chi connectivity index (χ3v) is 5.21. The highest BCUT2D eigenvalue weighted by molar-refractivity contribution is 7.08. The van der Waals surface area contributed by atoms with Crippen LogP contribution in [-0.2, 0) is 19.4 Å². The molecule has 6 heteroatoms. The molecule has 1 N–H and O–H groups in total. The van der Waals surface area contributed by atoms with E-state index < -0.39 is 0 Å². The van der Waals surface area contributed by atoms with Crippen LogP contribution >= 0.6 is 11.5 Å². The van der Waals surface area contributed by atoms with Crippen LogP contribution in [-0.4, -0.2) is 39.5 Å². The Hall–Kier alpha value is -1.79. The first-order valence-corrected chi connectivity index (χ1v) is 8.86. The van der Waals surface area contributed by atoms with E-state index in [0.29, 0.717) is 17.5 Å². The lowest BCUT2D eigenvalue weighted by atomic mass is 9.99. The maximum absolute atomic E-state index is 12.3. The molecule has 0 spiro atoms. The van der Waals surface area contributed by atoms with E-state index in [1.54, 1.807) is 0 Å². The van der Waals surface area contributed by atoms with Gasteiger partial charge in [-0.1, -0.05) is 35.7 Å². The minimum atomic E-state index is -0.0545. The predicted octanol–water partition coefficient (Wildman–Crippen LogP) is 2.28. The fraction of sp³-hybridized carbons (Fsp3) is 0.471. The van der Waals surface area contributed by atoms with Crippen molar-refractivity contribution in [1.29, 1.82) is 0 Å². The molecule has 1 amide bonds. The highest BCUT2D eigenvalue weighted by atomic mass is 32.1. The van der Waals surface area contributed by atoms with Crippen LogP contribution in [0.25, 0.3) is 0 Å². The number of aryl methyl sites for hydroxylation is 1. The minimum Gasteiger partial charge on any atom is -0.350 e. The van der Waals surface area contributed by atoms with Crippen molar-refractivity contribution in [3.63, 3.8) is 0 Å². The lowest BCUT2D eigenvalue weighted by molar-refractivity contribution is 0.0935. The third kappa shape index (κ3) is 3.59. The second kappa shape index (κ2) is 7.19. The molecule has 0 radical (unpaired) electrons. The van der Waals surface area contributed by atoms with Gasteiger partial charge in [-0.3, -0.25) is 9.69 Å². The first-order valence-electron chi connectivity index (χ1n) is 8.09. The summed E-state index contributed by atoms with van der Waals surface area (Å²) in [6, 6.07) is 8.91. The molecule has 1 aliphatic rings. The average molecular weight is 330 g/mol. The van der Waals surface area contributed by atoms with Gasteiger partial charge in [-0.25, -0.2) is 0 Å². The number of amides is 1. The molecule has 0 fully saturated rings. The molecule has 1 aromatic carbocycles. The number of nitrogens with one attached hydrogen (secondary N) is 1. The quantitative estimate of drug-likeness (QED) is 0.914. The van der Waals surface area contributed by atoms with E-state index in [1.165, 1.54) is 22.7 Å². The van der Waals surface area contributed by atoms with Gasteiger partial charge in [-0.05, 0) is 42.4 Å². The van der Waals surface area contributed by atoms with Gasteiger partial charge in [0.1, 0.15) is 4.88 Å². The highest BCUT2D eigenvalue weighted by Gasteiger charge is 2.21. The van der Waals surface area contributed by atoms with Gasteiger partial charge in [0.15, 0.2) is 0 Å². The van der Waals surface area contributed by atoms with Crippen LogP contribution in [0.5, 0.6) is 0 Å². The zero-order valence-electron chi connectivity index (χ0n) is 13.6. The van der Waals surface area contributed by atoms with Gasteiger partial charge in [0.2, 0.25) is 0 Å². The number of rotatable bonds is 5. The summed E-state index contributed by atoms with van der Waals surface area (Å²) in [5.41, 5.74) is 3.63. The maximum atomic E-state index is 12.3. The number of nitrogens with zero attached hydrogens (tertiary/aromatic N) is 3. The fourth-order valence-corrected chi connectivity index (χ4v) is 3.62. The topological polar surface area (TPSA) is 58.1 Å². The normalized spacial score (nSPS) is 15.9. The van der Waals surface area contributed by atoms with Crippen LogP contribution in [0.4, 0.5) is 0 Å². The van der Waals surface area contributed by atoms with Crippen molar-refractivity contribution >= 4 is 17.4 Å². The van der Waals surface area contributed by atoms with Gasteiger partial charge in [0.05, 0.1) is 5.69 Å². The SMILES string of the molecule is CCc1nnsc1C(=O)NCC(C)N1CCc2ccccc2C1. The summed E-state index contributed by atoms with van der Waals surface area (Å²) in [7, 11) is 0. The molecular formula is C17H22N4OS. The lowest BCUT2D eigenvalue weighted by Gasteiger charge is -2.33. The van der Waals surface area contributed by atoms with Gasteiger partial charge in [-0.15, -0.1) is 5.10 Å². The van der Waals surface area contributed by atoms with Crippen molar-refractivity contribution in [2.45, 2.75) is 39.3 Å². The molecule has 1 unspecified atom stereocenters. The van der Waals surface area contributed by atoms with E-state index >= 15 is 0 Å². The van der Waals surface area contributed by atoms with Crippen LogP contribution in [0.3, 0.4) is 0 Å². The summed E-state index contributed by atoms with van der Waals surface area (Å²) >= 11 is 1.17. The number of hydrogen-bond donors (Lipinski definition) is 1. The van der Waals surface area contributed by atoms with Gasteiger partial charge >= 0.3 is 0 Å². The van der Waals surface area contributed by atoms with Crippen molar-refractivity contribution in [3.05, 3.63) is 46.0 Å². The summed E-state index contributed by atoms with van der Waals surface area (Å²) in [6.07, 6.45) is 1.81. The molecule has 0 saturated carbocycles. The lowest BCUT2D eigenvalue weighted by Crippen LogP contribution is -2.44. The van der Waals surface area contributed by atoms with Crippen molar-refractivity contribution in [1.82, 2.24) is 19.8 Å². The molecule has 5 nitrogen and oxygen atoms in total. The molecule has 2 aromatic rings. The zero-order valence-corrected chi connectivity index (χ0v) is 14.4. The molecule has 1 atom stereocenters. The van der Waals surface area contributed by atoms with Crippen molar-refractivity contribution < 1.29 is 4.79 Å². The Balaban J connectivity index is 1.56. The molecule has 122 valence electrons. The van der Waals surface area contributed by atoms with Crippen LogP contribution in [0.1, 0.15) is 40.3 Å². The molecule has 1 aromatic heterocycles. The van der Waals surface area contributed by atoms with E-state index in [0.717, 1.165) is 31.6 Å². The largest absolute Gasteiger partial charge is 0.350 e. The number of aromatic nitrogens is 2. The van der Waals surface area contributed by atoms with Crippen molar-refractivity contribution in [2.24, 2.45) is 0 Å². The van der Waals surface area contributed by atoms with E-state index in [1.807, 2.05) is 6.92 Å². The number of hydrogen-bond acceptors (Lipinski definition) is 5. The van der Waals surface area contributed by atoms with E-state index in [9.17, 15) is 4.79 Å². The smallest absolute Gasteiger partial charge is 0.265 e. The Bertz CT molecular complexity index is 685. The Morgan fingerprint density at radius 1 is 1.39 bits per heavy atom. The molecule has 23 heavy (non-hydrogen) atoms. The van der Waals surface area contributed by atoms with E-state index in [2.05, 4.69) is 51.0 Å². The summed E-state index contributed by atoms with van der Waals surface area (Å²) in [6.45, 7) is 6.79. The highest BCUT2D eigenvalue weighted by Crippen LogP contribution is 2.20. The molecular weight excluding hydrogens is 308 g/mol. The zero-order chi connectivity index (χ0) is 16.2.